The summed E-state index contributed by atoms with van der Waals surface area (Å²) in [5, 5.41) is 29.7. The van der Waals surface area contributed by atoms with Gasteiger partial charge in [-0.2, -0.15) is 27.0 Å². The molecule has 0 atom stereocenters. The topological polar surface area (TPSA) is 235 Å². The Morgan fingerprint density at radius 2 is 1.19 bits per heavy atom. The van der Waals surface area contributed by atoms with Crippen molar-refractivity contribution in [3.63, 3.8) is 0 Å². The molecule has 8 rings (SSSR count). The molecule has 23 heteroatoms. The largest absolute Gasteiger partial charge is 0.504 e. The molecule has 0 unspecified atom stereocenters. The molecule has 3 N–H and O–H groups in total. The van der Waals surface area contributed by atoms with Crippen LogP contribution in [0.2, 0.25) is 0 Å². The van der Waals surface area contributed by atoms with Crippen LogP contribution < -0.4 is 24.4 Å². The Morgan fingerprint density at radius 3 is 1.74 bits per heavy atom. The Kier molecular flexibility index (Phi) is 19.0. The van der Waals surface area contributed by atoms with E-state index in [0.717, 1.165) is 77.4 Å². The minimum Gasteiger partial charge on any atom is -0.504 e. The van der Waals surface area contributed by atoms with Crippen LogP contribution in [0.5, 0.6) is 34.5 Å². The molecule has 4 aliphatic heterocycles. The fraction of sp³-hybridized carbons (Fsp3) is 0.391. The number of hydrazone groups is 2. The molecule has 69 heavy (non-hydrogen) atoms. The number of rotatable bonds is 16. The second-order valence-electron chi connectivity index (χ2n) is 15.5. The van der Waals surface area contributed by atoms with Gasteiger partial charge in [0.05, 0.1) is 72.2 Å². The van der Waals surface area contributed by atoms with Crippen molar-refractivity contribution >= 4 is 55.1 Å². The quantitative estimate of drug-likeness (QED) is 0.0804. The van der Waals surface area contributed by atoms with Gasteiger partial charge in [0.25, 0.3) is 20.0 Å². The standard InChI is InChI=1S/C23H28N4O6S.C15H23N3O3.C8H6ClNO3S/c1-31-18-5-7-22-19(15-18)23(25-34(22,29)30)27(9-3-8-26-10-12-33-13-11-26)24-16-17-4-6-20(28)21(14-17)32-2;1-20-15-11-13(3-4-14(15)19)12-17-16-5-2-6-18-7-9-21-10-8-18;1-13-5-2-3-7-6(4-5)8(9)10-14(7,11)12/h4-7,14-16,28H,3,8-13H2,1-2H3;3-4,11-12,16,19H,2,5-10H2,1H3;2-4H,1H3/b24-16+;17-12+;. The predicted molar refractivity (Wildman–Crippen MR) is 262 cm³/mol. The molecule has 0 spiro atoms. The Morgan fingerprint density at radius 1 is 0.681 bits per heavy atom. The predicted octanol–water partition coefficient (Wildman–Crippen LogP) is 4.35. The molecule has 4 aromatic carbocycles. The number of sulfonamides is 2. The van der Waals surface area contributed by atoms with Crippen molar-refractivity contribution in [3.05, 3.63) is 95.1 Å². The van der Waals surface area contributed by atoms with Gasteiger partial charge in [-0.1, -0.05) is 11.6 Å². The van der Waals surface area contributed by atoms with Gasteiger partial charge in [-0.15, -0.1) is 8.80 Å². The molecule has 372 valence electrons. The molecule has 0 aliphatic carbocycles. The van der Waals surface area contributed by atoms with Gasteiger partial charge in [0, 0.05) is 63.5 Å². The lowest BCUT2D eigenvalue weighted by atomic mass is 10.2. The van der Waals surface area contributed by atoms with E-state index in [-0.39, 0.29) is 32.3 Å². The molecule has 0 bridgehead atoms. The molecule has 0 radical (unpaired) electrons. The minimum absolute atomic E-state index is 0.0149. The lowest BCUT2D eigenvalue weighted by Crippen LogP contribution is -2.38. The highest BCUT2D eigenvalue weighted by atomic mass is 35.5. The first-order valence-electron chi connectivity index (χ1n) is 21.9. The van der Waals surface area contributed by atoms with Gasteiger partial charge in [-0.25, -0.2) is 5.01 Å². The number of aromatic hydroxyl groups is 2. The van der Waals surface area contributed by atoms with Gasteiger partial charge in [0.15, 0.2) is 34.0 Å². The van der Waals surface area contributed by atoms with Crippen molar-refractivity contribution in [1.29, 1.82) is 0 Å². The number of halogens is 1. The van der Waals surface area contributed by atoms with Gasteiger partial charge >= 0.3 is 0 Å². The van der Waals surface area contributed by atoms with Crippen LogP contribution >= 0.6 is 11.6 Å². The normalized spacial score (nSPS) is 17.1. The SMILES string of the molecule is COc1cc(/C=N/NCCCN2CCOCC2)ccc1O.COc1ccc2c(c1)C(Cl)=NS2(=O)=O.COc1ccc2c(c1)C(N(CCCN1CCOCC1)/N=C/c1ccc(O)c(OC)c1)=NS2(=O)=O. The molecule has 4 aliphatic rings. The number of amidine groups is 1. The van der Waals surface area contributed by atoms with Gasteiger partial charge in [-0.05, 0) is 96.8 Å². The van der Waals surface area contributed by atoms with E-state index in [1.807, 2.05) is 0 Å². The maximum absolute atomic E-state index is 12.7. The molecule has 0 amide bonds. The number of hydrogen-bond acceptors (Lipinski definition) is 18. The third-order valence-corrected chi connectivity index (χ3v) is 14.0. The second kappa shape index (κ2) is 25.0. The smallest absolute Gasteiger partial charge is 0.285 e. The minimum atomic E-state index is -3.83. The zero-order valence-electron chi connectivity index (χ0n) is 38.8. The van der Waals surface area contributed by atoms with Gasteiger partial charge in [0.1, 0.15) is 16.4 Å². The highest BCUT2D eigenvalue weighted by Gasteiger charge is 2.33. The number of phenols is 2. The van der Waals surface area contributed by atoms with Crippen molar-refractivity contribution in [2.75, 3.05) is 107 Å². The summed E-state index contributed by atoms with van der Waals surface area (Å²) in [5.41, 5.74) is 5.44. The first-order valence-corrected chi connectivity index (χ1v) is 25.1. The van der Waals surface area contributed by atoms with E-state index in [1.165, 1.54) is 46.6 Å². The molecule has 0 saturated carbocycles. The summed E-state index contributed by atoms with van der Waals surface area (Å²) >= 11 is 5.67. The number of phenolic OH excluding ortho intramolecular Hbond substituents is 2. The van der Waals surface area contributed by atoms with Crippen molar-refractivity contribution in [3.8, 4) is 34.5 Å². The number of hydrogen-bond donors (Lipinski definition) is 3. The lowest BCUT2D eigenvalue weighted by molar-refractivity contribution is 0.0368. The first-order chi connectivity index (χ1) is 33.2. The third-order valence-electron chi connectivity index (χ3n) is 10.9. The average molecular weight is 1010 g/mol. The number of nitrogens with zero attached hydrogens (tertiary/aromatic N) is 7. The Bertz CT molecular complexity index is 2730. The number of fused-ring (bicyclic) bond motifs is 2. The van der Waals surface area contributed by atoms with E-state index < -0.39 is 20.0 Å². The van der Waals surface area contributed by atoms with E-state index in [1.54, 1.807) is 72.0 Å². The van der Waals surface area contributed by atoms with Crippen molar-refractivity contribution in [2.24, 2.45) is 19.0 Å². The van der Waals surface area contributed by atoms with Crippen LogP contribution in [0.1, 0.15) is 35.1 Å². The van der Waals surface area contributed by atoms with Crippen molar-refractivity contribution < 1.29 is 55.5 Å². The average Bonchev–Trinajstić information content (AvgIpc) is 3.77. The maximum Gasteiger partial charge on any atom is 0.285 e. The van der Waals surface area contributed by atoms with Crippen LogP contribution in [-0.2, 0) is 29.5 Å². The molecular formula is C46H57ClN8O12S2. The molecular weight excluding hydrogens is 956 g/mol. The first kappa shape index (κ1) is 52.4. The number of nitrogens with one attached hydrogen (secondary N) is 1. The van der Waals surface area contributed by atoms with E-state index in [2.05, 4.69) is 34.2 Å². The summed E-state index contributed by atoms with van der Waals surface area (Å²) in [4.78, 5) is 4.96. The number of benzene rings is 4. The summed E-state index contributed by atoms with van der Waals surface area (Å²) in [6.07, 6.45) is 5.10. The molecule has 4 aromatic rings. The van der Waals surface area contributed by atoms with E-state index in [4.69, 9.17) is 40.0 Å². The van der Waals surface area contributed by atoms with Crippen LogP contribution in [0.4, 0.5) is 0 Å². The van der Waals surface area contributed by atoms with Crippen LogP contribution in [0, 0.1) is 0 Å². The molecule has 0 aromatic heterocycles. The van der Waals surface area contributed by atoms with Crippen LogP contribution in [-0.4, -0.2) is 173 Å². The Labute approximate surface area is 407 Å². The van der Waals surface area contributed by atoms with Gasteiger partial charge in [-0.3, -0.25) is 9.80 Å². The fourth-order valence-corrected chi connectivity index (χ4v) is 9.98. The van der Waals surface area contributed by atoms with Gasteiger partial charge < -0.3 is 44.1 Å². The zero-order valence-corrected chi connectivity index (χ0v) is 41.2. The van der Waals surface area contributed by atoms with Gasteiger partial charge in [0.2, 0.25) is 0 Å². The molecule has 4 heterocycles. The molecule has 20 nitrogen and oxygen atoms in total. The van der Waals surface area contributed by atoms with Crippen LogP contribution in [0.3, 0.4) is 0 Å². The Hall–Kier alpha value is -6.01. The lowest BCUT2D eigenvalue weighted by Gasteiger charge is -2.27. The Balaban J connectivity index is 0.000000189. The third kappa shape index (κ3) is 14.5. The maximum atomic E-state index is 12.7. The van der Waals surface area contributed by atoms with Crippen LogP contribution in [0.25, 0.3) is 0 Å². The van der Waals surface area contributed by atoms with Crippen molar-refractivity contribution in [1.82, 2.24) is 20.2 Å². The summed E-state index contributed by atoms with van der Waals surface area (Å²) < 4.78 is 86.7. The summed E-state index contributed by atoms with van der Waals surface area (Å²) in [6.45, 7) is 10.1. The molecule has 2 fully saturated rings. The van der Waals surface area contributed by atoms with Crippen LogP contribution in [0.15, 0.2) is 102 Å². The number of morpholine rings is 2. The highest BCUT2D eigenvalue weighted by Crippen LogP contribution is 2.33. The molecule has 2 saturated heterocycles. The number of methoxy groups -OCH3 is 4. The highest BCUT2D eigenvalue weighted by molar-refractivity contribution is 7.91. The summed E-state index contributed by atoms with van der Waals surface area (Å²) in [5.74, 6) is 2.25. The zero-order chi connectivity index (χ0) is 49.4. The second-order valence-corrected chi connectivity index (χ2v) is 19.0. The summed E-state index contributed by atoms with van der Waals surface area (Å²) in [6, 6.07) is 19.3. The van der Waals surface area contributed by atoms with E-state index >= 15 is 0 Å². The number of ether oxygens (including phenoxy) is 6. The van der Waals surface area contributed by atoms with E-state index in [0.29, 0.717) is 59.4 Å². The summed E-state index contributed by atoms with van der Waals surface area (Å²) in [7, 11) is -1.39. The fourth-order valence-electron chi connectivity index (χ4n) is 7.22. The van der Waals surface area contributed by atoms with Crippen molar-refractivity contribution in [2.45, 2.75) is 22.6 Å². The monoisotopic (exact) mass is 1010 g/mol. The van der Waals surface area contributed by atoms with E-state index in [9.17, 15) is 27.0 Å².